The van der Waals surface area contributed by atoms with E-state index in [1.54, 1.807) is 18.9 Å². The molecule has 19 heavy (non-hydrogen) atoms. The summed E-state index contributed by atoms with van der Waals surface area (Å²) in [6, 6.07) is 8.02. The van der Waals surface area contributed by atoms with E-state index in [1.165, 1.54) is 6.26 Å². The second-order valence-electron chi connectivity index (χ2n) is 4.29. The van der Waals surface area contributed by atoms with Gasteiger partial charge in [0.15, 0.2) is 0 Å². The van der Waals surface area contributed by atoms with Gasteiger partial charge in [0.05, 0.1) is 12.9 Å². The minimum atomic E-state index is -2.87. The number of nitrogens with one attached hydrogen (secondary N) is 1. The van der Waals surface area contributed by atoms with Crippen molar-refractivity contribution < 1.29 is 13.2 Å². The summed E-state index contributed by atoms with van der Waals surface area (Å²) in [6.45, 7) is 0. The Morgan fingerprint density at radius 2 is 2.05 bits per heavy atom. The fraction of sp³-hybridized carbons (Fsp3) is 0.538. The standard InChI is InChI=1S/C13H21NO3S2/c1-14-12(10-18-8-9-19(3,15)16)11-6-4-5-7-13(11)17-2/h4-7,12,14H,8-10H2,1-3H3. The summed E-state index contributed by atoms with van der Waals surface area (Å²) in [7, 11) is 0.680. The second-order valence-corrected chi connectivity index (χ2v) is 7.70. The number of sulfone groups is 1. The predicted octanol–water partition coefficient (Wildman–Crippen LogP) is 1.73. The van der Waals surface area contributed by atoms with Crippen molar-refractivity contribution in [2.24, 2.45) is 0 Å². The van der Waals surface area contributed by atoms with Gasteiger partial charge in [0.2, 0.25) is 0 Å². The molecule has 0 aliphatic rings. The molecule has 6 heteroatoms. The van der Waals surface area contributed by atoms with Gasteiger partial charge < -0.3 is 10.1 Å². The van der Waals surface area contributed by atoms with E-state index in [1.807, 2.05) is 31.3 Å². The Kier molecular flexibility index (Phi) is 6.68. The van der Waals surface area contributed by atoms with Crippen molar-refractivity contribution in [1.82, 2.24) is 5.32 Å². The Morgan fingerprint density at radius 3 is 2.63 bits per heavy atom. The fourth-order valence-corrected chi connectivity index (χ4v) is 4.13. The van der Waals surface area contributed by atoms with Gasteiger partial charge in [0, 0.05) is 29.4 Å². The molecule has 4 nitrogen and oxygen atoms in total. The van der Waals surface area contributed by atoms with Crippen LogP contribution in [-0.4, -0.2) is 46.1 Å². The van der Waals surface area contributed by atoms with E-state index in [4.69, 9.17) is 4.74 Å². The lowest BCUT2D eigenvalue weighted by Crippen LogP contribution is -2.20. The quantitative estimate of drug-likeness (QED) is 0.741. The molecule has 1 aromatic carbocycles. The van der Waals surface area contributed by atoms with E-state index in [9.17, 15) is 8.42 Å². The number of hydrogen-bond acceptors (Lipinski definition) is 5. The SMILES string of the molecule is CNC(CSCCS(C)(=O)=O)c1ccccc1OC. The first-order valence-electron chi connectivity index (χ1n) is 6.03. The van der Waals surface area contributed by atoms with Crippen LogP contribution in [0.3, 0.4) is 0 Å². The van der Waals surface area contributed by atoms with Crippen molar-refractivity contribution in [3.63, 3.8) is 0 Å². The van der Waals surface area contributed by atoms with Crippen LogP contribution in [0.2, 0.25) is 0 Å². The van der Waals surface area contributed by atoms with Gasteiger partial charge in [-0.1, -0.05) is 18.2 Å². The summed E-state index contributed by atoms with van der Waals surface area (Å²) in [5.41, 5.74) is 1.10. The summed E-state index contributed by atoms with van der Waals surface area (Å²) in [4.78, 5) is 0. The molecule has 0 saturated heterocycles. The minimum absolute atomic E-state index is 0.153. The molecule has 1 aromatic rings. The lowest BCUT2D eigenvalue weighted by atomic mass is 10.1. The summed E-state index contributed by atoms with van der Waals surface area (Å²) in [5.74, 6) is 2.50. The Morgan fingerprint density at radius 1 is 1.37 bits per heavy atom. The molecular weight excluding hydrogens is 282 g/mol. The van der Waals surface area contributed by atoms with Crippen LogP contribution in [-0.2, 0) is 9.84 Å². The number of methoxy groups -OCH3 is 1. The number of hydrogen-bond donors (Lipinski definition) is 1. The van der Waals surface area contributed by atoms with Crippen LogP contribution < -0.4 is 10.1 Å². The Hall–Kier alpha value is -0.720. The van der Waals surface area contributed by atoms with Crippen molar-refractivity contribution in [3.05, 3.63) is 29.8 Å². The predicted molar refractivity (Wildman–Crippen MR) is 81.8 cm³/mol. The first-order chi connectivity index (χ1) is 8.98. The molecule has 1 rings (SSSR count). The third-order valence-electron chi connectivity index (χ3n) is 2.75. The van der Waals surface area contributed by atoms with Gasteiger partial charge in [-0.15, -0.1) is 0 Å². The summed E-state index contributed by atoms with van der Waals surface area (Å²) < 4.78 is 27.5. The molecule has 0 aliphatic carbocycles. The zero-order chi connectivity index (χ0) is 14.3. The molecule has 0 saturated carbocycles. The van der Waals surface area contributed by atoms with E-state index in [0.29, 0.717) is 5.75 Å². The van der Waals surface area contributed by atoms with Crippen molar-refractivity contribution in [2.75, 3.05) is 37.7 Å². The monoisotopic (exact) mass is 303 g/mol. The van der Waals surface area contributed by atoms with Gasteiger partial charge in [-0.2, -0.15) is 11.8 Å². The van der Waals surface area contributed by atoms with Crippen LogP contribution in [0.25, 0.3) is 0 Å². The van der Waals surface area contributed by atoms with Crippen LogP contribution >= 0.6 is 11.8 Å². The Bertz CT molecular complexity index is 488. The molecule has 0 amide bonds. The van der Waals surface area contributed by atoms with Crippen molar-refractivity contribution in [2.45, 2.75) is 6.04 Å². The van der Waals surface area contributed by atoms with Crippen LogP contribution in [0.1, 0.15) is 11.6 Å². The lowest BCUT2D eigenvalue weighted by molar-refractivity contribution is 0.404. The van der Waals surface area contributed by atoms with E-state index in [0.717, 1.165) is 17.1 Å². The molecule has 1 N–H and O–H groups in total. The van der Waals surface area contributed by atoms with Crippen molar-refractivity contribution in [3.8, 4) is 5.75 Å². The lowest BCUT2D eigenvalue weighted by Gasteiger charge is -2.18. The molecule has 1 unspecified atom stereocenters. The zero-order valence-corrected chi connectivity index (χ0v) is 13.2. The van der Waals surface area contributed by atoms with Crippen LogP contribution in [0, 0.1) is 0 Å². The van der Waals surface area contributed by atoms with E-state index >= 15 is 0 Å². The second kappa shape index (κ2) is 7.77. The number of benzene rings is 1. The highest BCUT2D eigenvalue weighted by Gasteiger charge is 2.14. The van der Waals surface area contributed by atoms with E-state index in [-0.39, 0.29) is 11.8 Å². The molecular formula is C13H21NO3S2. The third-order valence-corrected chi connectivity index (χ3v) is 5.01. The number of para-hydroxylation sites is 1. The molecule has 0 fully saturated rings. The highest BCUT2D eigenvalue weighted by atomic mass is 32.2. The third kappa shape index (κ3) is 5.84. The molecule has 0 bridgehead atoms. The van der Waals surface area contributed by atoms with Crippen molar-refractivity contribution >= 4 is 21.6 Å². The maximum atomic E-state index is 11.1. The molecule has 108 valence electrons. The first-order valence-corrected chi connectivity index (χ1v) is 9.25. The number of thioether (sulfide) groups is 1. The normalized spacial score (nSPS) is 13.2. The summed E-state index contributed by atoms with van der Waals surface area (Å²) >= 11 is 1.63. The highest BCUT2D eigenvalue weighted by molar-refractivity contribution is 8.00. The van der Waals surface area contributed by atoms with Gasteiger partial charge in [0.1, 0.15) is 15.6 Å². The highest BCUT2D eigenvalue weighted by Crippen LogP contribution is 2.27. The van der Waals surface area contributed by atoms with Gasteiger partial charge in [-0.05, 0) is 13.1 Å². The van der Waals surface area contributed by atoms with Gasteiger partial charge in [-0.25, -0.2) is 8.42 Å². The summed E-state index contributed by atoms with van der Waals surface area (Å²) in [6.07, 6.45) is 1.27. The van der Waals surface area contributed by atoms with E-state index < -0.39 is 9.84 Å². The number of rotatable bonds is 8. The molecule has 0 heterocycles. The van der Waals surface area contributed by atoms with Crippen LogP contribution in [0.4, 0.5) is 0 Å². The number of ether oxygens (including phenoxy) is 1. The van der Waals surface area contributed by atoms with Crippen LogP contribution in [0.5, 0.6) is 5.75 Å². The topological polar surface area (TPSA) is 55.4 Å². The molecule has 0 aromatic heterocycles. The van der Waals surface area contributed by atoms with E-state index in [2.05, 4.69) is 5.32 Å². The average Bonchev–Trinajstić information content (AvgIpc) is 2.38. The largest absolute Gasteiger partial charge is 0.496 e. The Labute approximate surface area is 119 Å². The summed E-state index contributed by atoms with van der Waals surface area (Å²) in [5, 5.41) is 3.24. The molecule has 0 spiro atoms. The van der Waals surface area contributed by atoms with Crippen molar-refractivity contribution in [1.29, 1.82) is 0 Å². The maximum absolute atomic E-state index is 11.1. The first kappa shape index (κ1) is 16.3. The molecule has 1 atom stereocenters. The average molecular weight is 303 g/mol. The zero-order valence-electron chi connectivity index (χ0n) is 11.5. The Balaban J connectivity index is 2.58. The molecule has 0 aliphatic heterocycles. The smallest absolute Gasteiger partial charge is 0.148 e. The van der Waals surface area contributed by atoms with Gasteiger partial charge in [-0.3, -0.25) is 0 Å². The maximum Gasteiger partial charge on any atom is 0.148 e. The molecule has 0 radical (unpaired) electrons. The van der Waals surface area contributed by atoms with Gasteiger partial charge in [0.25, 0.3) is 0 Å². The van der Waals surface area contributed by atoms with Crippen LogP contribution in [0.15, 0.2) is 24.3 Å². The van der Waals surface area contributed by atoms with Gasteiger partial charge >= 0.3 is 0 Å². The fourth-order valence-electron chi connectivity index (χ4n) is 1.69. The minimum Gasteiger partial charge on any atom is -0.496 e.